The van der Waals surface area contributed by atoms with Crippen molar-refractivity contribution in [3.8, 4) is 0 Å². The number of nitrogens with zero attached hydrogens (tertiary/aromatic N) is 2. The Balaban J connectivity index is 1.98. The molecule has 2 atom stereocenters. The molecule has 1 aromatic rings. The van der Waals surface area contributed by atoms with Crippen LogP contribution in [0.3, 0.4) is 0 Å². The summed E-state index contributed by atoms with van der Waals surface area (Å²) in [6.45, 7) is 7.49. The van der Waals surface area contributed by atoms with Crippen LogP contribution in [-0.2, 0) is 6.54 Å². The van der Waals surface area contributed by atoms with Crippen LogP contribution in [0.15, 0.2) is 18.3 Å². The van der Waals surface area contributed by atoms with Crippen LogP contribution in [0.1, 0.15) is 24.6 Å². The zero-order valence-corrected chi connectivity index (χ0v) is 10.7. The highest BCUT2D eigenvalue weighted by molar-refractivity contribution is 6.20. The maximum Gasteiger partial charge on any atom is 0.0573 e. The molecule has 16 heavy (non-hydrogen) atoms. The van der Waals surface area contributed by atoms with Crippen molar-refractivity contribution in [3.05, 3.63) is 29.6 Å². The summed E-state index contributed by atoms with van der Waals surface area (Å²) in [5, 5.41) is 0.348. The van der Waals surface area contributed by atoms with Gasteiger partial charge in [-0.15, -0.1) is 11.6 Å². The lowest BCUT2D eigenvalue weighted by atomic mass is 9.99. The third-order valence-corrected chi connectivity index (χ3v) is 4.02. The summed E-state index contributed by atoms with van der Waals surface area (Å²) >= 11 is 6.22. The number of rotatable bonds is 2. The zero-order valence-electron chi connectivity index (χ0n) is 9.99. The van der Waals surface area contributed by atoms with Crippen molar-refractivity contribution in [1.82, 2.24) is 9.88 Å². The maximum atomic E-state index is 6.22. The standard InChI is InChI=1S/C13H19ClN2/c1-10-4-3-6-15-13(10)9-16-7-5-12(14)11(2)8-16/h3-4,6,11-12H,5,7-9H2,1-2H3. The smallest absolute Gasteiger partial charge is 0.0573 e. The normalized spacial score (nSPS) is 26.9. The van der Waals surface area contributed by atoms with Crippen LogP contribution in [0, 0.1) is 12.8 Å². The van der Waals surface area contributed by atoms with E-state index in [2.05, 4.69) is 29.8 Å². The van der Waals surface area contributed by atoms with Gasteiger partial charge in [0.05, 0.1) is 5.69 Å². The van der Waals surface area contributed by atoms with Gasteiger partial charge in [-0.3, -0.25) is 9.88 Å². The first kappa shape index (κ1) is 11.9. The molecule has 0 spiro atoms. The van der Waals surface area contributed by atoms with Crippen molar-refractivity contribution in [2.24, 2.45) is 5.92 Å². The summed E-state index contributed by atoms with van der Waals surface area (Å²) in [5.74, 6) is 0.583. The van der Waals surface area contributed by atoms with E-state index >= 15 is 0 Å². The van der Waals surface area contributed by atoms with Crippen LogP contribution in [0.5, 0.6) is 0 Å². The molecule has 0 bridgehead atoms. The number of pyridine rings is 1. The first-order chi connectivity index (χ1) is 7.66. The first-order valence-electron chi connectivity index (χ1n) is 5.93. The molecule has 0 saturated carbocycles. The quantitative estimate of drug-likeness (QED) is 0.737. The van der Waals surface area contributed by atoms with Crippen molar-refractivity contribution in [2.75, 3.05) is 13.1 Å². The fraction of sp³-hybridized carbons (Fsp3) is 0.615. The van der Waals surface area contributed by atoms with E-state index in [1.165, 1.54) is 11.3 Å². The van der Waals surface area contributed by atoms with Crippen molar-refractivity contribution < 1.29 is 0 Å². The molecule has 0 aliphatic carbocycles. The van der Waals surface area contributed by atoms with Gasteiger partial charge in [-0.1, -0.05) is 13.0 Å². The van der Waals surface area contributed by atoms with E-state index in [0.29, 0.717) is 11.3 Å². The van der Waals surface area contributed by atoms with Crippen molar-refractivity contribution in [1.29, 1.82) is 0 Å². The van der Waals surface area contributed by atoms with E-state index < -0.39 is 0 Å². The predicted molar refractivity (Wildman–Crippen MR) is 67.7 cm³/mol. The Labute approximate surface area is 103 Å². The molecule has 0 radical (unpaired) electrons. The summed E-state index contributed by atoms with van der Waals surface area (Å²) in [7, 11) is 0. The zero-order chi connectivity index (χ0) is 11.5. The Morgan fingerprint density at radius 1 is 1.56 bits per heavy atom. The van der Waals surface area contributed by atoms with Gasteiger partial charge in [0, 0.05) is 24.7 Å². The molecule has 1 aromatic heterocycles. The second-order valence-corrected chi connectivity index (χ2v) is 5.34. The molecule has 1 saturated heterocycles. The number of piperidine rings is 1. The van der Waals surface area contributed by atoms with Crippen molar-refractivity contribution in [3.63, 3.8) is 0 Å². The molecule has 0 N–H and O–H groups in total. The molecule has 2 unspecified atom stereocenters. The van der Waals surface area contributed by atoms with Crippen LogP contribution in [-0.4, -0.2) is 28.4 Å². The summed E-state index contributed by atoms with van der Waals surface area (Å²) in [5.41, 5.74) is 2.48. The van der Waals surface area contributed by atoms with Crippen molar-refractivity contribution >= 4 is 11.6 Å². The van der Waals surface area contributed by atoms with Crippen LogP contribution < -0.4 is 0 Å². The van der Waals surface area contributed by atoms with Gasteiger partial charge in [0.25, 0.3) is 0 Å². The molecule has 3 heteroatoms. The van der Waals surface area contributed by atoms with Crippen LogP contribution >= 0.6 is 11.6 Å². The van der Waals surface area contributed by atoms with Crippen molar-refractivity contribution in [2.45, 2.75) is 32.2 Å². The molecule has 1 aliphatic rings. The second-order valence-electron chi connectivity index (χ2n) is 4.78. The average molecular weight is 239 g/mol. The first-order valence-corrected chi connectivity index (χ1v) is 6.37. The van der Waals surface area contributed by atoms with E-state index in [-0.39, 0.29) is 0 Å². The van der Waals surface area contributed by atoms with Gasteiger partial charge in [0.1, 0.15) is 0 Å². The Morgan fingerprint density at radius 3 is 3.06 bits per heavy atom. The Kier molecular flexibility index (Phi) is 3.82. The summed E-state index contributed by atoms with van der Waals surface area (Å²) < 4.78 is 0. The van der Waals surface area contributed by atoms with Gasteiger partial charge in [-0.05, 0) is 37.4 Å². The molecular formula is C13H19ClN2. The van der Waals surface area contributed by atoms with E-state index in [4.69, 9.17) is 11.6 Å². The summed E-state index contributed by atoms with van der Waals surface area (Å²) in [6, 6.07) is 4.12. The van der Waals surface area contributed by atoms with E-state index in [1.54, 1.807) is 0 Å². The number of aromatic nitrogens is 1. The fourth-order valence-electron chi connectivity index (χ4n) is 2.24. The topological polar surface area (TPSA) is 16.1 Å². The van der Waals surface area contributed by atoms with Crippen LogP contribution in [0.2, 0.25) is 0 Å². The van der Waals surface area contributed by atoms with Gasteiger partial charge < -0.3 is 0 Å². The summed E-state index contributed by atoms with van der Waals surface area (Å²) in [6.07, 6.45) is 2.97. The van der Waals surface area contributed by atoms with Gasteiger partial charge in [0.15, 0.2) is 0 Å². The molecule has 1 aliphatic heterocycles. The van der Waals surface area contributed by atoms with Crippen LogP contribution in [0.25, 0.3) is 0 Å². The number of likely N-dealkylation sites (tertiary alicyclic amines) is 1. The fourth-order valence-corrected chi connectivity index (χ4v) is 2.42. The lowest BCUT2D eigenvalue weighted by Gasteiger charge is -2.34. The number of halogens is 1. The monoisotopic (exact) mass is 238 g/mol. The highest BCUT2D eigenvalue weighted by Crippen LogP contribution is 2.23. The number of aryl methyl sites for hydroxylation is 1. The predicted octanol–water partition coefficient (Wildman–Crippen LogP) is 2.84. The molecule has 1 fully saturated rings. The molecule has 0 amide bonds. The minimum absolute atomic E-state index is 0.348. The molecule has 2 heterocycles. The van der Waals surface area contributed by atoms with Gasteiger partial charge in [0.2, 0.25) is 0 Å². The number of hydrogen-bond donors (Lipinski definition) is 0. The Hall–Kier alpha value is -0.600. The second kappa shape index (κ2) is 5.15. The molecule has 2 rings (SSSR count). The van der Waals surface area contributed by atoms with Gasteiger partial charge in [-0.2, -0.15) is 0 Å². The third kappa shape index (κ3) is 2.74. The minimum atomic E-state index is 0.348. The lowest BCUT2D eigenvalue weighted by molar-refractivity contribution is 0.178. The maximum absolute atomic E-state index is 6.22. The molecule has 2 nitrogen and oxygen atoms in total. The Morgan fingerprint density at radius 2 is 2.38 bits per heavy atom. The number of alkyl halides is 1. The van der Waals surface area contributed by atoms with E-state index in [0.717, 1.165) is 26.1 Å². The highest BCUT2D eigenvalue weighted by atomic mass is 35.5. The highest BCUT2D eigenvalue weighted by Gasteiger charge is 2.24. The number of hydrogen-bond acceptors (Lipinski definition) is 2. The summed E-state index contributed by atoms with van der Waals surface area (Å²) in [4.78, 5) is 6.90. The molecule has 88 valence electrons. The third-order valence-electron chi connectivity index (χ3n) is 3.38. The van der Waals surface area contributed by atoms with Gasteiger partial charge in [-0.25, -0.2) is 0 Å². The largest absolute Gasteiger partial charge is 0.297 e. The molecule has 0 aromatic carbocycles. The average Bonchev–Trinajstić information content (AvgIpc) is 2.27. The SMILES string of the molecule is Cc1cccnc1CN1CCC(Cl)C(C)C1. The van der Waals surface area contributed by atoms with Gasteiger partial charge >= 0.3 is 0 Å². The van der Waals surface area contributed by atoms with E-state index in [1.807, 2.05) is 12.3 Å². The minimum Gasteiger partial charge on any atom is -0.297 e. The van der Waals surface area contributed by atoms with Crippen LogP contribution in [0.4, 0.5) is 0 Å². The Bertz CT molecular complexity index is 354. The van der Waals surface area contributed by atoms with E-state index in [9.17, 15) is 0 Å². The lowest BCUT2D eigenvalue weighted by Crippen LogP contribution is -2.39. The molecular weight excluding hydrogens is 220 g/mol.